The van der Waals surface area contributed by atoms with Crippen LogP contribution < -0.4 is 11.5 Å². The number of rotatable bonds is 18. The number of nitrogens with two attached hydrogens (primary N) is 2. The summed E-state index contributed by atoms with van der Waals surface area (Å²) in [6.45, 7) is 11.3. The van der Waals surface area contributed by atoms with Gasteiger partial charge in [-0.1, -0.05) is 146 Å². The zero-order valence-electron chi connectivity index (χ0n) is 32.8. The zero-order chi connectivity index (χ0) is 36.2. The molecule has 1 saturated carbocycles. The summed E-state index contributed by atoms with van der Waals surface area (Å²) in [7, 11) is 0. The van der Waals surface area contributed by atoms with E-state index in [0.29, 0.717) is 11.8 Å². The van der Waals surface area contributed by atoms with Crippen LogP contribution >= 0.6 is 0 Å². The lowest BCUT2D eigenvalue weighted by atomic mass is 9.62. The Morgan fingerprint density at radius 2 is 0.961 bits per heavy atom. The molecule has 4 aromatic carbocycles. The van der Waals surface area contributed by atoms with Crippen LogP contribution in [0.3, 0.4) is 0 Å². The van der Waals surface area contributed by atoms with Gasteiger partial charge in [-0.15, -0.1) is 0 Å². The zero-order valence-corrected chi connectivity index (χ0v) is 32.8. The molecule has 0 amide bonds. The van der Waals surface area contributed by atoms with Crippen LogP contribution in [-0.4, -0.2) is 0 Å². The van der Waals surface area contributed by atoms with Crippen molar-refractivity contribution in [1.82, 2.24) is 0 Å². The Balaban J connectivity index is 1.35. The fourth-order valence-corrected chi connectivity index (χ4v) is 9.47. The monoisotopic (exact) mass is 685 g/mol. The largest absolute Gasteiger partial charge is 0.399 e. The maximum atomic E-state index is 6.13. The van der Waals surface area contributed by atoms with Gasteiger partial charge in [-0.25, -0.2) is 0 Å². The Morgan fingerprint density at radius 3 is 1.35 bits per heavy atom. The molecule has 0 radical (unpaired) electrons. The van der Waals surface area contributed by atoms with Crippen molar-refractivity contribution in [3.8, 4) is 0 Å². The van der Waals surface area contributed by atoms with Gasteiger partial charge in [0.1, 0.15) is 0 Å². The molecule has 274 valence electrons. The van der Waals surface area contributed by atoms with Gasteiger partial charge in [-0.05, 0) is 127 Å². The fraction of sp³-hybridized carbons (Fsp3) is 0.510. The lowest BCUT2D eigenvalue weighted by Crippen LogP contribution is -2.33. The molecule has 0 aromatic heterocycles. The molecular weight excluding hydrogens is 617 g/mol. The molecule has 2 unspecified atom stereocenters. The topological polar surface area (TPSA) is 52.0 Å². The summed E-state index contributed by atoms with van der Waals surface area (Å²) in [6, 6.07) is 32.5. The van der Waals surface area contributed by atoms with Crippen molar-refractivity contribution in [2.75, 3.05) is 11.5 Å². The molecule has 2 nitrogen and oxygen atoms in total. The first-order chi connectivity index (χ1) is 24.8. The van der Waals surface area contributed by atoms with Gasteiger partial charge in [0.05, 0.1) is 0 Å². The molecule has 1 aliphatic rings. The molecule has 1 fully saturated rings. The summed E-state index contributed by atoms with van der Waals surface area (Å²) in [5.41, 5.74) is 25.1. The molecule has 0 saturated heterocycles. The Bertz CT molecular complexity index is 1520. The number of aryl methyl sites for hydroxylation is 2. The molecule has 0 bridgehead atoms. The van der Waals surface area contributed by atoms with Crippen molar-refractivity contribution in [1.29, 1.82) is 0 Å². The molecule has 0 heterocycles. The molecule has 2 heteroatoms. The second-order valence-electron chi connectivity index (χ2n) is 16.0. The number of hydrogen-bond donors (Lipinski definition) is 2. The van der Waals surface area contributed by atoms with Crippen LogP contribution in [0.2, 0.25) is 0 Å². The number of nitrogen functional groups attached to an aromatic ring is 2. The van der Waals surface area contributed by atoms with Crippen molar-refractivity contribution < 1.29 is 0 Å². The van der Waals surface area contributed by atoms with E-state index < -0.39 is 0 Å². The highest BCUT2D eigenvalue weighted by molar-refractivity contribution is 5.50. The highest BCUT2D eigenvalue weighted by atomic mass is 14.5. The van der Waals surface area contributed by atoms with Gasteiger partial charge in [0.15, 0.2) is 0 Å². The number of benzene rings is 4. The predicted octanol–water partition coefficient (Wildman–Crippen LogP) is 13.9. The SMILES string of the molecule is CCCCCCCCCCCC1CCC(c2ccc(C(CC)c3ccc(N)cc3C)cc2)(c2ccc(C(CC)c3ccc(N)cc3C)cc2)CC1. The highest BCUT2D eigenvalue weighted by Gasteiger charge is 2.38. The molecule has 4 N–H and O–H groups in total. The predicted molar refractivity (Wildman–Crippen MR) is 223 cm³/mol. The van der Waals surface area contributed by atoms with E-state index in [2.05, 4.69) is 120 Å². The smallest absolute Gasteiger partial charge is 0.0316 e. The van der Waals surface area contributed by atoms with Gasteiger partial charge in [0.25, 0.3) is 0 Å². The van der Waals surface area contributed by atoms with Gasteiger partial charge >= 0.3 is 0 Å². The van der Waals surface area contributed by atoms with Crippen molar-refractivity contribution in [2.45, 2.75) is 155 Å². The highest BCUT2D eigenvalue weighted by Crippen LogP contribution is 2.48. The van der Waals surface area contributed by atoms with Gasteiger partial charge in [0.2, 0.25) is 0 Å². The van der Waals surface area contributed by atoms with E-state index in [1.54, 1.807) is 0 Å². The Kier molecular flexibility index (Phi) is 14.3. The summed E-state index contributed by atoms with van der Waals surface area (Å²) < 4.78 is 0. The van der Waals surface area contributed by atoms with Crippen LogP contribution in [0.4, 0.5) is 11.4 Å². The molecule has 1 aliphatic carbocycles. The lowest BCUT2D eigenvalue weighted by molar-refractivity contribution is 0.250. The standard InChI is InChI=1S/C49H68N2/c1-6-9-10-11-12-13-14-15-16-17-38-30-32-49(33-31-38,41-22-18-39(19-23-41)45(7-2)47-28-26-43(50)34-36(47)4)42-24-20-40(21-25-42)46(8-3)48-29-27-44(51)35-37(48)5/h18-29,34-35,38,45-46H,6-17,30-33,50-51H2,1-5H3. The van der Waals surface area contributed by atoms with Crippen molar-refractivity contribution in [2.24, 2.45) is 5.92 Å². The van der Waals surface area contributed by atoms with E-state index in [0.717, 1.165) is 30.1 Å². The Hall–Kier alpha value is -3.52. The minimum atomic E-state index is 0.0592. The van der Waals surface area contributed by atoms with Gasteiger partial charge in [-0.3, -0.25) is 0 Å². The maximum absolute atomic E-state index is 6.13. The molecule has 2 atom stereocenters. The van der Waals surface area contributed by atoms with Gasteiger partial charge < -0.3 is 11.5 Å². The molecule has 4 aromatic rings. The third-order valence-corrected chi connectivity index (χ3v) is 12.6. The number of anilines is 2. The van der Waals surface area contributed by atoms with E-state index in [1.807, 2.05) is 0 Å². The quantitative estimate of drug-likeness (QED) is 0.0809. The third kappa shape index (κ3) is 9.68. The number of hydrogen-bond acceptors (Lipinski definition) is 2. The Labute approximate surface area is 311 Å². The van der Waals surface area contributed by atoms with Crippen LogP contribution in [0.1, 0.15) is 180 Å². The van der Waals surface area contributed by atoms with Crippen LogP contribution in [0.25, 0.3) is 0 Å². The van der Waals surface area contributed by atoms with Gasteiger partial charge in [-0.2, -0.15) is 0 Å². The summed E-state index contributed by atoms with van der Waals surface area (Å²) >= 11 is 0. The van der Waals surface area contributed by atoms with Crippen molar-refractivity contribution in [3.63, 3.8) is 0 Å². The van der Waals surface area contributed by atoms with Crippen LogP contribution in [0.15, 0.2) is 84.9 Å². The first-order valence-corrected chi connectivity index (χ1v) is 20.7. The summed E-state index contributed by atoms with van der Waals surface area (Å²) in [6.07, 6.45) is 21.4. The first kappa shape index (κ1) is 38.7. The summed E-state index contributed by atoms with van der Waals surface area (Å²) in [4.78, 5) is 0. The van der Waals surface area contributed by atoms with E-state index in [9.17, 15) is 0 Å². The second-order valence-corrected chi connectivity index (χ2v) is 16.0. The van der Waals surface area contributed by atoms with Crippen LogP contribution in [0.5, 0.6) is 0 Å². The average molecular weight is 685 g/mol. The van der Waals surface area contributed by atoms with Gasteiger partial charge in [0, 0.05) is 28.6 Å². The third-order valence-electron chi connectivity index (χ3n) is 12.6. The first-order valence-electron chi connectivity index (χ1n) is 20.7. The summed E-state index contributed by atoms with van der Waals surface area (Å²) in [5.74, 6) is 1.62. The molecule has 0 spiro atoms. The van der Waals surface area contributed by atoms with E-state index in [4.69, 9.17) is 11.5 Å². The normalized spacial score (nSPS) is 18.8. The van der Waals surface area contributed by atoms with E-state index >= 15 is 0 Å². The van der Waals surface area contributed by atoms with Crippen molar-refractivity contribution >= 4 is 11.4 Å². The summed E-state index contributed by atoms with van der Waals surface area (Å²) in [5, 5.41) is 0. The lowest BCUT2D eigenvalue weighted by Gasteiger charge is -2.42. The minimum absolute atomic E-state index is 0.0592. The van der Waals surface area contributed by atoms with Crippen LogP contribution in [-0.2, 0) is 5.41 Å². The fourth-order valence-electron chi connectivity index (χ4n) is 9.47. The average Bonchev–Trinajstić information content (AvgIpc) is 3.14. The minimum Gasteiger partial charge on any atom is -0.399 e. The molecule has 51 heavy (non-hydrogen) atoms. The molecule has 0 aliphatic heterocycles. The van der Waals surface area contributed by atoms with E-state index in [-0.39, 0.29) is 5.41 Å². The molecule has 5 rings (SSSR count). The Morgan fingerprint density at radius 1 is 0.549 bits per heavy atom. The van der Waals surface area contributed by atoms with E-state index in [1.165, 1.54) is 134 Å². The van der Waals surface area contributed by atoms with Crippen LogP contribution in [0, 0.1) is 19.8 Å². The second kappa shape index (κ2) is 18.8. The molecular formula is C49H68N2. The maximum Gasteiger partial charge on any atom is 0.0316 e. The van der Waals surface area contributed by atoms with Crippen molar-refractivity contribution in [3.05, 3.63) is 129 Å². The number of unbranched alkanes of at least 4 members (excludes halogenated alkanes) is 8.